The van der Waals surface area contributed by atoms with E-state index >= 15 is 0 Å². The van der Waals surface area contributed by atoms with Crippen molar-refractivity contribution in [2.45, 2.75) is 31.4 Å². The normalized spacial score (nSPS) is 18.0. The van der Waals surface area contributed by atoms with E-state index in [-0.39, 0.29) is 42.4 Å². The predicted molar refractivity (Wildman–Crippen MR) is 161 cm³/mol. The Bertz CT molecular complexity index is 1830. The number of likely N-dealkylation sites (tertiary alicyclic amines) is 1. The summed E-state index contributed by atoms with van der Waals surface area (Å²) < 4.78 is 33.3. The van der Waals surface area contributed by atoms with Gasteiger partial charge in [0, 0.05) is 41.5 Å². The van der Waals surface area contributed by atoms with Crippen LogP contribution in [0, 0.1) is 11.7 Å². The summed E-state index contributed by atoms with van der Waals surface area (Å²) in [7, 11) is 0. The number of nitrogens with zero attached hydrogens (tertiary/aromatic N) is 2. The van der Waals surface area contributed by atoms with Gasteiger partial charge in [-0.15, -0.1) is 0 Å². The van der Waals surface area contributed by atoms with Crippen molar-refractivity contribution < 1.29 is 22.8 Å². The van der Waals surface area contributed by atoms with Gasteiger partial charge >= 0.3 is 0 Å². The number of halogens is 2. The molecular formula is C35H29F2N3O3. The highest BCUT2D eigenvalue weighted by Gasteiger charge is 2.43. The second-order valence-electron chi connectivity index (χ2n) is 11.5. The lowest BCUT2D eigenvalue weighted by molar-refractivity contribution is -0.120. The Morgan fingerprint density at radius 1 is 0.930 bits per heavy atom. The molecule has 2 N–H and O–H groups in total. The summed E-state index contributed by atoms with van der Waals surface area (Å²) in [6.07, 6.45) is 2.47. The lowest BCUT2D eigenvalue weighted by Gasteiger charge is -2.34. The molecule has 2 aromatic heterocycles. The van der Waals surface area contributed by atoms with Gasteiger partial charge in [-0.25, -0.2) is 13.8 Å². The molecule has 0 spiro atoms. The maximum Gasteiger partial charge on any atom is 0.254 e. The summed E-state index contributed by atoms with van der Waals surface area (Å²) in [6, 6.07) is 23.2. The first kappa shape index (κ1) is 27.0. The number of amides is 1. The van der Waals surface area contributed by atoms with Crippen LogP contribution in [0.5, 0.6) is 0 Å². The molecule has 1 amide bonds. The van der Waals surface area contributed by atoms with Gasteiger partial charge in [0.05, 0.1) is 13.1 Å². The zero-order valence-electron chi connectivity index (χ0n) is 23.3. The zero-order chi connectivity index (χ0) is 29.7. The third kappa shape index (κ3) is 5.41. The smallest absolute Gasteiger partial charge is 0.254 e. The number of pyridine rings is 1. The highest BCUT2D eigenvalue weighted by Crippen LogP contribution is 2.48. The topological polar surface area (TPSA) is 89.4 Å². The van der Waals surface area contributed by atoms with Crippen LogP contribution in [0.15, 0.2) is 89.5 Å². The van der Waals surface area contributed by atoms with Gasteiger partial charge in [0.25, 0.3) is 5.91 Å². The van der Waals surface area contributed by atoms with E-state index in [9.17, 15) is 18.4 Å². The van der Waals surface area contributed by atoms with Crippen LogP contribution in [0.3, 0.4) is 0 Å². The maximum atomic E-state index is 13.8. The molecule has 1 saturated heterocycles. The fourth-order valence-corrected chi connectivity index (χ4v) is 5.91. The molecule has 8 heteroatoms. The minimum atomic E-state index is -0.949. The number of nitrogens with two attached hydrogens (primary N) is 1. The van der Waals surface area contributed by atoms with E-state index < -0.39 is 6.17 Å². The molecule has 2 fully saturated rings. The third-order valence-electron chi connectivity index (χ3n) is 8.47. The fraction of sp³-hybridized carbons (Fsp3) is 0.229. The van der Waals surface area contributed by atoms with E-state index in [1.54, 1.807) is 36.5 Å². The van der Waals surface area contributed by atoms with Crippen LogP contribution in [0.2, 0.25) is 0 Å². The molecule has 216 valence electrons. The third-order valence-corrected chi connectivity index (χ3v) is 8.47. The zero-order valence-corrected chi connectivity index (χ0v) is 23.3. The molecule has 2 unspecified atom stereocenters. The Morgan fingerprint density at radius 3 is 2.37 bits per heavy atom. The number of carbonyl (C=O) groups excluding carboxylic acids is 2. The van der Waals surface area contributed by atoms with Crippen LogP contribution in [0.1, 0.15) is 40.4 Å². The van der Waals surface area contributed by atoms with Gasteiger partial charge in [0.2, 0.25) is 0 Å². The van der Waals surface area contributed by atoms with Crippen LogP contribution in [0.4, 0.5) is 14.6 Å². The lowest BCUT2D eigenvalue weighted by atomic mass is 9.96. The van der Waals surface area contributed by atoms with E-state index in [1.807, 2.05) is 36.4 Å². The monoisotopic (exact) mass is 577 g/mol. The molecule has 6 nitrogen and oxygen atoms in total. The molecule has 43 heavy (non-hydrogen) atoms. The minimum Gasteiger partial charge on any atom is -0.460 e. The van der Waals surface area contributed by atoms with Crippen molar-refractivity contribution in [3.63, 3.8) is 0 Å². The first-order valence-corrected chi connectivity index (χ1v) is 14.4. The Labute approximate surface area is 247 Å². The number of nitrogen functional groups attached to an aromatic ring is 1. The molecule has 0 bridgehead atoms. The van der Waals surface area contributed by atoms with E-state index in [0.29, 0.717) is 35.6 Å². The van der Waals surface area contributed by atoms with E-state index in [0.717, 1.165) is 39.6 Å². The second kappa shape index (κ2) is 10.8. The Balaban J connectivity index is 1.14. The van der Waals surface area contributed by atoms with Crippen molar-refractivity contribution in [3.05, 3.63) is 108 Å². The fourth-order valence-electron chi connectivity index (χ4n) is 5.91. The minimum absolute atomic E-state index is 0.00877. The van der Waals surface area contributed by atoms with Crippen molar-refractivity contribution in [2.75, 3.05) is 18.8 Å². The standard InChI is InChI=1S/C35H29F2N3O3/c36-26-8-5-21(6-9-26)30-15-24(20-1-3-22(4-2-20)35(42)40-18-27(37)19-40)13-25-14-28(43-34(25)30)10-11-32(41)31-16-29(31)23-7-12-33(38)39-17-23/h1-9,12-15,17,27,29,31H,10-11,16,18-19H2,(H2,38,39). The van der Waals surface area contributed by atoms with Crippen LogP contribution < -0.4 is 5.73 Å². The first-order chi connectivity index (χ1) is 20.8. The summed E-state index contributed by atoms with van der Waals surface area (Å²) in [5, 5.41) is 0.867. The number of benzene rings is 3. The summed E-state index contributed by atoms with van der Waals surface area (Å²) >= 11 is 0. The average Bonchev–Trinajstić information content (AvgIpc) is 3.70. The second-order valence-corrected chi connectivity index (χ2v) is 11.5. The van der Waals surface area contributed by atoms with Gasteiger partial charge < -0.3 is 15.1 Å². The van der Waals surface area contributed by atoms with Crippen molar-refractivity contribution in [1.29, 1.82) is 0 Å². The van der Waals surface area contributed by atoms with Crippen molar-refractivity contribution in [3.8, 4) is 22.3 Å². The number of carbonyl (C=O) groups is 2. The summed E-state index contributed by atoms with van der Waals surface area (Å²) in [6.45, 7) is 0.266. The van der Waals surface area contributed by atoms with E-state index in [2.05, 4.69) is 4.98 Å². The molecule has 7 rings (SSSR count). The molecule has 2 atom stereocenters. The molecule has 1 aliphatic carbocycles. The summed E-state index contributed by atoms with van der Waals surface area (Å²) in [5.74, 6) is 1.05. The first-order valence-electron chi connectivity index (χ1n) is 14.4. The summed E-state index contributed by atoms with van der Waals surface area (Å²) in [4.78, 5) is 31.2. The molecule has 0 radical (unpaired) electrons. The number of alkyl halides is 1. The Kier molecular flexibility index (Phi) is 6.76. The highest BCUT2D eigenvalue weighted by atomic mass is 19.1. The number of fused-ring (bicyclic) bond motifs is 1. The predicted octanol–water partition coefficient (Wildman–Crippen LogP) is 6.98. The quantitative estimate of drug-likeness (QED) is 0.215. The number of hydrogen-bond donors (Lipinski definition) is 1. The Morgan fingerprint density at radius 2 is 1.67 bits per heavy atom. The van der Waals surface area contributed by atoms with Gasteiger partial charge in [-0.05, 0) is 83.1 Å². The molecule has 1 saturated carbocycles. The number of rotatable bonds is 8. The average molecular weight is 578 g/mol. The van der Waals surface area contributed by atoms with Crippen molar-refractivity contribution in [2.24, 2.45) is 5.92 Å². The van der Waals surface area contributed by atoms with Gasteiger partial charge in [0.1, 0.15) is 34.9 Å². The molecule has 5 aromatic rings. The SMILES string of the molecule is Nc1ccc(C2CC2C(=O)CCc2cc3cc(-c4ccc(C(=O)N5CC(F)C5)cc4)cc(-c4ccc(F)cc4)c3o2)cn1. The van der Waals surface area contributed by atoms with Crippen molar-refractivity contribution >= 4 is 28.5 Å². The van der Waals surface area contributed by atoms with Gasteiger partial charge in [-0.2, -0.15) is 0 Å². The number of ketones is 1. The molecule has 2 aliphatic rings. The van der Waals surface area contributed by atoms with E-state index in [1.165, 1.54) is 17.0 Å². The van der Waals surface area contributed by atoms with Gasteiger partial charge in [0.15, 0.2) is 0 Å². The van der Waals surface area contributed by atoms with Crippen LogP contribution in [-0.4, -0.2) is 40.8 Å². The van der Waals surface area contributed by atoms with Crippen LogP contribution in [0.25, 0.3) is 33.2 Å². The largest absolute Gasteiger partial charge is 0.460 e. The highest BCUT2D eigenvalue weighted by molar-refractivity contribution is 5.98. The number of anilines is 1. The molecule has 1 aliphatic heterocycles. The number of furan rings is 1. The van der Waals surface area contributed by atoms with Crippen LogP contribution >= 0.6 is 0 Å². The van der Waals surface area contributed by atoms with E-state index in [4.69, 9.17) is 10.2 Å². The van der Waals surface area contributed by atoms with Crippen LogP contribution in [-0.2, 0) is 11.2 Å². The van der Waals surface area contributed by atoms with Crippen molar-refractivity contribution in [1.82, 2.24) is 9.88 Å². The molecular weight excluding hydrogens is 548 g/mol. The summed E-state index contributed by atoms with van der Waals surface area (Å²) in [5.41, 5.74) is 11.3. The molecule has 3 heterocycles. The number of aromatic nitrogens is 1. The lowest BCUT2D eigenvalue weighted by Crippen LogP contribution is -2.51. The van der Waals surface area contributed by atoms with Gasteiger partial charge in [-0.3, -0.25) is 9.59 Å². The maximum absolute atomic E-state index is 13.8. The van der Waals surface area contributed by atoms with Gasteiger partial charge in [-0.1, -0.05) is 30.3 Å². The number of aryl methyl sites for hydroxylation is 1. The molecule has 3 aromatic carbocycles. The Hall–Kier alpha value is -4.85. The number of hydrogen-bond acceptors (Lipinski definition) is 5. The number of Topliss-reactive ketones (excluding diaryl/α,β-unsaturated/α-hetero) is 1.